The number of amides is 2. The molecule has 0 atom stereocenters. The fourth-order valence-corrected chi connectivity index (χ4v) is 1.76. The van der Waals surface area contributed by atoms with Crippen LogP contribution in [0.5, 0.6) is 5.88 Å². The summed E-state index contributed by atoms with van der Waals surface area (Å²) in [6.07, 6.45) is 2.30. The number of ether oxygens (including phenoxy) is 2. The quantitative estimate of drug-likeness (QED) is 0.663. The molecule has 0 aliphatic carbocycles. The summed E-state index contributed by atoms with van der Waals surface area (Å²) in [7, 11) is 6.31. The first kappa shape index (κ1) is 17.0. The molecule has 21 heavy (non-hydrogen) atoms. The van der Waals surface area contributed by atoms with Crippen LogP contribution in [-0.2, 0) is 16.6 Å². The lowest BCUT2D eigenvalue weighted by molar-refractivity contribution is -0.121. The molecular weight excluding hydrogens is 276 g/mol. The zero-order chi connectivity index (χ0) is 15.8. The zero-order valence-electron chi connectivity index (χ0n) is 12.9. The first-order valence-corrected chi connectivity index (χ1v) is 6.58. The standard InChI is InChI=1S/C13H22N4O4/c1-16(9-11(18)14-6-5-7-20-3)13(19)10-8-17(2)15-12(10)21-4/h8H,5-7,9H2,1-4H3,(H,14,18). The minimum Gasteiger partial charge on any atom is -0.479 e. The van der Waals surface area contributed by atoms with Crippen LogP contribution in [-0.4, -0.2) is 67.5 Å². The largest absolute Gasteiger partial charge is 0.479 e. The van der Waals surface area contributed by atoms with Crippen molar-refractivity contribution in [2.45, 2.75) is 6.42 Å². The Balaban J connectivity index is 2.52. The van der Waals surface area contributed by atoms with Crippen LogP contribution in [0.2, 0.25) is 0 Å². The van der Waals surface area contributed by atoms with E-state index in [0.29, 0.717) is 18.7 Å². The summed E-state index contributed by atoms with van der Waals surface area (Å²) in [5, 5.41) is 6.74. The number of carbonyl (C=O) groups is 2. The van der Waals surface area contributed by atoms with Gasteiger partial charge in [0.2, 0.25) is 11.8 Å². The Bertz CT molecular complexity index is 487. The number of rotatable bonds is 8. The van der Waals surface area contributed by atoms with E-state index >= 15 is 0 Å². The second kappa shape index (κ2) is 8.25. The predicted molar refractivity (Wildman–Crippen MR) is 76.2 cm³/mol. The fourth-order valence-electron chi connectivity index (χ4n) is 1.76. The average molecular weight is 298 g/mol. The Labute approximate surface area is 124 Å². The number of aryl methyl sites for hydroxylation is 1. The van der Waals surface area contributed by atoms with Gasteiger partial charge in [0.1, 0.15) is 5.56 Å². The molecule has 0 aliphatic rings. The van der Waals surface area contributed by atoms with Gasteiger partial charge >= 0.3 is 0 Å². The number of aromatic nitrogens is 2. The lowest BCUT2D eigenvalue weighted by atomic mass is 10.3. The second-order valence-corrected chi connectivity index (χ2v) is 4.58. The molecule has 1 rings (SSSR count). The third-order valence-electron chi connectivity index (χ3n) is 2.79. The van der Waals surface area contributed by atoms with Crippen molar-refractivity contribution in [1.82, 2.24) is 20.0 Å². The highest BCUT2D eigenvalue weighted by Gasteiger charge is 2.21. The van der Waals surface area contributed by atoms with E-state index in [2.05, 4.69) is 10.4 Å². The van der Waals surface area contributed by atoms with Gasteiger partial charge < -0.3 is 19.7 Å². The van der Waals surface area contributed by atoms with Crippen LogP contribution in [0.1, 0.15) is 16.8 Å². The van der Waals surface area contributed by atoms with Crippen molar-refractivity contribution in [3.05, 3.63) is 11.8 Å². The van der Waals surface area contributed by atoms with Gasteiger partial charge in [0.25, 0.3) is 5.91 Å². The highest BCUT2D eigenvalue weighted by atomic mass is 16.5. The fraction of sp³-hybridized carbons (Fsp3) is 0.615. The number of likely N-dealkylation sites (N-methyl/N-ethyl adjacent to an activating group) is 1. The van der Waals surface area contributed by atoms with Crippen LogP contribution >= 0.6 is 0 Å². The number of nitrogens with one attached hydrogen (secondary N) is 1. The molecule has 1 aromatic heterocycles. The summed E-state index contributed by atoms with van der Waals surface area (Å²) in [5.41, 5.74) is 0.328. The summed E-state index contributed by atoms with van der Waals surface area (Å²) in [5.74, 6) is -0.286. The van der Waals surface area contributed by atoms with Crippen molar-refractivity contribution >= 4 is 11.8 Å². The number of hydrogen-bond acceptors (Lipinski definition) is 5. The maximum absolute atomic E-state index is 12.2. The summed E-state index contributed by atoms with van der Waals surface area (Å²) >= 11 is 0. The smallest absolute Gasteiger partial charge is 0.261 e. The first-order chi connectivity index (χ1) is 9.99. The van der Waals surface area contributed by atoms with Gasteiger partial charge in [-0.15, -0.1) is 5.10 Å². The third kappa shape index (κ3) is 5.07. The third-order valence-corrected chi connectivity index (χ3v) is 2.79. The Morgan fingerprint density at radius 2 is 2.14 bits per heavy atom. The van der Waals surface area contributed by atoms with E-state index in [1.54, 1.807) is 27.4 Å². The monoisotopic (exact) mass is 298 g/mol. The summed E-state index contributed by atoms with van der Waals surface area (Å²) < 4.78 is 11.4. The first-order valence-electron chi connectivity index (χ1n) is 6.58. The van der Waals surface area contributed by atoms with Gasteiger partial charge in [-0.25, -0.2) is 0 Å². The van der Waals surface area contributed by atoms with Crippen molar-refractivity contribution in [1.29, 1.82) is 0 Å². The molecular formula is C13H22N4O4. The second-order valence-electron chi connectivity index (χ2n) is 4.58. The van der Waals surface area contributed by atoms with Crippen LogP contribution in [0, 0.1) is 0 Å². The zero-order valence-corrected chi connectivity index (χ0v) is 12.9. The van der Waals surface area contributed by atoms with Crippen LogP contribution in [0.25, 0.3) is 0 Å². The molecule has 1 aromatic rings. The van der Waals surface area contributed by atoms with Gasteiger partial charge in [0.15, 0.2) is 0 Å². The molecule has 8 heteroatoms. The van der Waals surface area contributed by atoms with Gasteiger partial charge in [-0.3, -0.25) is 14.3 Å². The molecule has 0 saturated carbocycles. The molecule has 2 amide bonds. The van der Waals surface area contributed by atoms with Crippen LogP contribution in [0.15, 0.2) is 6.20 Å². The summed E-state index contributed by atoms with van der Waals surface area (Å²) in [6.45, 7) is 1.08. The van der Waals surface area contributed by atoms with E-state index in [-0.39, 0.29) is 24.2 Å². The molecule has 0 unspecified atom stereocenters. The minimum absolute atomic E-state index is 0.0239. The number of hydrogen-bond donors (Lipinski definition) is 1. The summed E-state index contributed by atoms with van der Waals surface area (Å²) in [4.78, 5) is 25.3. The van der Waals surface area contributed by atoms with Crippen LogP contribution in [0.4, 0.5) is 0 Å². The topological polar surface area (TPSA) is 85.7 Å². The highest BCUT2D eigenvalue weighted by Crippen LogP contribution is 2.16. The van der Waals surface area contributed by atoms with Crippen LogP contribution < -0.4 is 10.1 Å². The van der Waals surface area contributed by atoms with E-state index in [1.807, 2.05) is 0 Å². The number of methoxy groups -OCH3 is 2. The van der Waals surface area contributed by atoms with E-state index in [9.17, 15) is 9.59 Å². The van der Waals surface area contributed by atoms with E-state index in [1.165, 1.54) is 16.7 Å². The highest BCUT2D eigenvalue weighted by molar-refractivity contribution is 5.98. The maximum Gasteiger partial charge on any atom is 0.261 e. The molecule has 0 spiro atoms. The Kier molecular flexibility index (Phi) is 6.67. The van der Waals surface area contributed by atoms with Crippen molar-refractivity contribution in [2.75, 3.05) is 41.0 Å². The molecule has 8 nitrogen and oxygen atoms in total. The van der Waals surface area contributed by atoms with Crippen LogP contribution in [0.3, 0.4) is 0 Å². The minimum atomic E-state index is -0.313. The lowest BCUT2D eigenvalue weighted by Gasteiger charge is -2.16. The van der Waals surface area contributed by atoms with E-state index in [4.69, 9.17) is 9.47 Å². The normalized spacial score (nSPS) is 10.3. The average Bonchev–Trinajstić information content (AvgIpc) is 2.83. The summed E-state index contributed by atoms with van der Waals surface area (Å²) in [6, 6.07) is 0. The Morgan fingerprint density at radius 3 is 2.76 bits per heavy atom. The molecule has 1 N–H and O–H groups in total. The van der Waals surface area contributed by atoms with E-state index < -0.39 is 0 Å². The molecule has 0 aliphatic heterocycles. The van der Waals surface area contributed by atoms with Gasteiger partial charge in [-0.1, -0.05) is 0 Å². The number of carbonyl (C=O) groups excluding carboxylic acids is 2. The molecule has 0 fully saturated rings. The van der Waals surface area contributed by atoms with Gasteiger partial charge in [-0.2, -0.15) is 0 Å². The van der Waals surface area contributed by atoms with Crippen molar-refractivity contribution in [3.63, 3.8) is 0 Å². The molecule has 0 bridgehead atoms. The number of nitrogens with zero attached hydrogens (tertiary/aromatic N) is 3. The van der Waals surface area contributed by atoms with Gasteiger partial charge in [0, 0.05) is 40.6 Å². The molecule has 0 saturated heterocycles. The molecule has 0 radical (unpaired) electrons. The Morgan fingerprint density at radius 1 is 1.43 bits per heavy atom. The maximum atomic E-state index is 12.2. The van der Waals surface area contributed by atoms with Crippen molar-refractivity contribution in [2.24, 2.45) is 7.05 Å². The van der Waals surface area contributed by atoms with Crippen molar-refractivity contribution < 1.29 is 19.1 Å². The predicted octanol–water partition coefficient (Wildman–Crippen LogP) is -0.347. The van der Waals surface area contributed by atoms with E-state index in [0.717, 1.165) is 6.42 Å². The Hall–Kier alpha value is -2.09. The molecule has 118 valence electrons. The van der Waals surface area contributed by atoms with Gasteiger partial charge in [0.05, 0.1) is 13.7 Å². The SMILES string of the molecule is COCCCNC(=O)CN(C)C(=O)c1cn(C)nc1OC. The molecule has 0 aromatic carbocycles. The van der Waals surface area contributed by atoms with Crippen molar-refractivity contribution in [3.8, 4) is 5.88 Å². The van der Waals surface area contributed by atoms with Gasteiger partial charge in [-0.05, 0) is 6.42 Å². The lowest BCUT2D eigenvalue weighted by Crippen LogP contribution is -2.38. The molecule has 1 heterocycles.